The van der Waals surface area contributed by atoms with Gasteiger partial charge in [-0.3, -0.25) is 9.48 Å². The molecule has 3 N–H and O–H groups in total. The Morgan fingerprint density at radius 3 is 2.89 bits per heavy atom. The normalized spacial score (nSPS) is 10.5. The number of amides is 1. The van der Waals surface area contributed by atoms with Crippen molar-refractivity contribution in [3.8, 4) is 0 Å². The average molecular weight is 283 g/mol. The lowest BCUT2D eigenvalue weighted by Gasteiger charge is -2.05. The van der Waals surface area contributed by atoms with Crippen LogP contribution in [-0.2, 0) is 13.6 Å². The van der Waals surface area contributed by atoms with E-state index in [4.69, 9.17) is 17.3 Å². The van der Waals surface area contributed by atoms with E-state index in [-0.39, 0.29) is 23.0 Å². The predicted octanol–water partition coefficient (Wildman–Crippen LogP) is 1.72. The highest BCUT2D eigenvalue weighted by molar-refractivity contribution is 6.31. The van der Waals surface area contributed by atoms with Crippen molar-refractivity contribution in [3.05, 3.63) is 46.4 Å². The number of carbonyl (C=O) groups excluding carboxylic acids is 1. The monoisotopic (exact) mass is 282 g/mol. The van der Waals surface area contributed by atoms with Gasteiger partial charge in [0.15, 0.2) is 0 Å². The van der Waals surface area contributed by atoms with Gasteiger partial charge in [-0.25, -0.2) is 4.39 Å². The van der Waals surface area contributed by atoms with Crippen LogP contribution in [0, 0.1) is 5.82 Å². The molecule has 100 valence electrons. The molecule has 1 aromatic heterocycles. The van der Waals surface area contributed by atoms with E-state index < -0.39 is 5.82 Å². The van der Waals surface area contributed by atoms with Gasteiger partial charge in [-0.2, -0.15) is 5.10 Å². The van der Waals surface area contributed by atoms with Crippen molar-refractivity contribution >= 4 is 23.3 Å². The molecule has 0 bridgehead atoms. The van der Waals surface area contributed by atoms with Gasteiger partial charge in [-0.1, -0.05) is 11.6 Å². The predicted molar refractivity (Wildman–Crippen MR) is 70.2 cm³/mol. The molecule has 0 unspecified atom stereocenters. The van der Waals surface area contributed by atoms with Crippen LogP contribution >= 0.6 is 11.6 Å². The summed E-state index contributed by atoms with van der Waals surface area (Å²) in [6.45, 7) is 0.244. The zero-order valence-electron chi connectivity index (χ0n) is 10.2. The number of nitrogens with one attached hydrogen (secondary N) is 1. The lowest BCUT2D eigenvalue weighted by atomic mass is 10.2. The molecule has 1 aromatic carbocycles. The lowest BCUT2D eigenvalue weighted by Crippen LogP contribution is -2.23. The number of rotatable bonds is 3. The van der Waals surface area contributed by atoms with E-state index in [2.05, 4.69) is 10.4 Å². The second-order valence-corrected chi connectivity index (χ2v) is 4.40. The second-order valence-electron chi connectivity index (χ2n) is 3.99. The Morgan fingerprint density at radius 1 is 1.58 bits per heavy atom. The fourth-order valence-corrected chi connectivity index (χ4v) is 1.72. The fourth-order valence-electron chi connectivity index (χ4n) is 1.54. The zero-order chi connectivity index (χ0) is 14.0. The van der Waals surface area contributed by atoms with E-state index in [1.807, 2.05) is 0 Å². The van der Waals surface area contributed by atoms with Crippen LogP contribution in [0.2, 0.25) is 5.02 Å². The van der Waals surface area contributed by atoms with Crippen molar-refractivity contribution in [2.75, 3.05) is 5.73 Å². The number of nitrogens with zero attached hydrogens (tertiary/aromatic N) is 2. The summed E-state index contributed by atoms with van der Waals surface area (Å²) in [5.74, 6) is -0.433. The minimum absolute atomic E-state index is 0.0893. The first-order valence-corrected chi connectivity index (χ1v) is 5.86. The SMILES string of the molecule is Cn1ncc(CNC(=O)c2ccc(F)c(Cl)c2)c1N. The van der Waals surface area contributed by atoms with Crippen LogP contribution in [0.4, 0.5) is 10.2 Å². The smallest absolute Gasteiger partial charge is 0.251 e. The summed E-state index contributed by atoms with van der Waals surface area (Å²) in [5.41, 5.74) is 6.75. The standard InChI is InChI=1S/C12H12ClFN4O/c1-18-11(15)8(6-17-18)5-16-12(19)7-2-3-10(14)9(13)4-7/h2-4,6H,5,15H2,1H3,(H,16,19). The first kappa shape index (κ1) is 13.4. The Bertz CT molecular complexity index is 626. The minimum Gasteiger partial charge on any atom is -0.384 e. The summed E-state index contributed by atoms with van der Waals surface area (Å²) in [4.78, 5) is 11.8. The maximum atomic E-state index is 13.0. The molecule has 0 saturated heterocycles. The minimum atomic E-state index is -0.560. The number of aryl methyl sites for hydroxylation is 1. The highest BCUT2D eigenvalue weighted by Crippen LogP contribution is 2.16. The number of carbonyl (C=O) groups is 1. The van der Waals surface area contributed by atoms with Gasteiger partial charge in [0.1, 0.15) is 11.6 Å². The topological polar surface area (TPSA) is 72.9 Å². The third-order valence-electron chi connectivity index (χ3n) is 2.69. The van der Waals surface area contributed by atoms with Gasteiger partial charge in [0, 0.05) is 24.7 Å². The van der Waals surface area contributed by atoms with Gasteiger partial charge in [0.05, 0.1) is 11.2 Å². The molecule has 19 heavy (non-hydrogen) atoms. The third kappa shape index (κ3) is 2.85. The molecule has 2 rings (SSSR count). The van der Waals surface area contributed by atoms with Crippen LogP contribution in [0.25, 0.3) is 0 Å². The highest BCUT2D eigenvalue weighted by atomic mass is 35.5. The number of benzene rings is 1. The summed E-state index contributed by atoms with van der Waals surface area (Å²) in [6, 6.07) is 3.79. The fraction of sp³-hybridized carbons (Fsp3) is 0.167. The first-order chi connectivity index (χ1) is 8.99. The summed E-state index contributed by atoms with van der Waals surface area (Å²) >= 11 is 5.62. The number of halogens is 2. The number of nitrogen functional groups attached to an aromatic ring is 1. The number of aromatic nitrogens is 2. The van der Waals surface area contributed by atoms with Gasteiger partial charge in [0.2, 0.25) is 0 Å². The summed E-state index contributed by atoms with van der Waals surface area (Å²) < 4.78 is 14.5. The molecular formula is C12H12ClFN4O. The molecule has 0 radical (unpaired) electrons. The maximum absolute atomic E-state index is 13.0. The van der Waals surface area contributed by atoms with Crippen molar-refractivity contribution < 1.29 is 9.18 Å². The van der Waals surface area contributed by atoms with E-state index in [9.17, 15) is 9.18 Å². The highest BCUT2D eigenvalue weighted by Gasteiger charge is 2.10. The van der Waals surface area contributed by atoms with Crippen LogP contribution in [0.3, 0.4) is 0 Å². The Labute approximate surface area is 114 Å². The Balaban J connectivity index is 2.05. The van der Waals surface area contributed by atoms with E-state index in [1.54, 1.807) is 13.2 Å². The van der Waals surface area contributed by atoms with Crippen LogP contribution < -0.4 is 11.1 Å². The van der Waals surface area contributed by atoms with Gasteiger partial charge in [-0.15, -0.1) is 0 Å². The molecule has 0 aliphatic heterocycles. The van der Waals surface area contributed by atoms with E-state index in [0.717, 1.165) is 6.07 Å². The molecule has 0 aliphatic rings. The molecule has 5 nitrogen and oxygen atoms in total. The Kier molecular flexibility index (Phi) is 3.71. The number of anilines is 1. The summed E-state index contributed by atoms with van der Waals surface area (Å²) in [5, 5.41) is 6.54. The molecule has 0 spiro atoms. The van der Waals surface area contributed by atoms with E-state index in [1.165, 1.54) is 16.8 Å². The van der Waals surface area contributed by atoms with Crippen molar-refractivity contribution in [1.82, 2.24) is 15.1 Å². The van der Waals surface area contributed by atoms with Crippen LogP contribution in [0.5, 0.6) is 0 Å². The molecule has 0 saturated carbocycles. The van der Waals surface area contributed by atoms with E-state index >= 15 is 0 Å². The number of hydrogen-bond donors (Lipinski definition) is 2. The summed E-state index contributed by atoms with van der Waals surface area (Å²) in [7, 11) is 1.71. The van der Waals surface area contributed by atoms with E-state index in [0.29, 0.717) is 11.4 Å². The van der Waals surface area contributed by atoms with Crippen molar-refractivity contribution in [2.24, 2.45) is 7.05 Å². The Hall–Kier alpha value is -2.08. The largest absolute Gasteiger partial charge is 0.384 e. The molecule has 1 amide bonds. The van der Waals surface area contributed by atoms with Gasteiger partial charge in [-0.05, 0) is 18.2 Å². The molecule has 0 fully saturated rings. The van der Waals surface area contributed by atoms with Crippen molar-refractivity contribution in [3.63, 3.8) is 0 Å². The third-order valence-corrected chi connectivity index (χ3v) is 2.98. The van der Waals surface area contributed by atoms with Crippen LogP contribution in [0.1, 0.15) is 15.9 Å². The van der Waals surface area contributed by atoms with Crippen molar-refractivity contribution in [2.45, 2.75) is 6.54 Å². The maximum Gasteiger partial charge on any atom is 0.251 e. The van der Waals surface area contributed by atoms with Gasteiger partial charge in [0.25, 0.3) is 5.91 Å². The molecule has 7 heteroatoms. The second kappa shape index (κ2) is 5.27. The number of nitrogens with two attached hydrogens (primary N) is 1. The van der Waals surface area contributed by atoms with Crippen LogP contribution in [-0.4, -0.2) is 15.7 Å². The lowest BCUT2D eigenvalue weighted by molar-refractivity contribution is 0.0951. The molecular weight excluding hydrogens is 271 g/mol. The molecule has 0 aliphatic carbocycles. The van der Waals surface area contributed by atoms with Crippen molar-refractivity contribution in [1.29, 1.82) is 0 Å². The average Bonchev–Trinajstić information content (AvgIpc) is 2.70. The molecule has 1 heterocycles. The van der Waals surface area contributed by atoms with Gasteiger partial charge < -0.3 is 11.1 Å². The van der Waals surface area contributed by atoms with Gasteiger partial charge >= 0.3 is 0 Å². The quantitative estimate of drug-likeness (QED) is 0.900. The molecule has 2 aromatic rings. The Morgan fingerprint density at radius 2 is 2.32 bits per heavy atom. The zero-order valence-corrected chi connectivity index (χ0v) is 10.9. The van der Waals surface area contributed by atoms with Crippen LogP contribution in [0.15, 0.2) is 24.4 Å². The first-order valence-electron chi connectivity index (χ1n) is 5.48. The summed E-state index contributed by atoms with van der Waals surface area (Å²) in [6.07, 6.45) is 1.58. The number of hydrogen-bond acceptors (Lipinski definition) is 3. The molecule has 0 atom stereocenters.